The first-order valence-corrected chi connectivity index (χ1v) is 11.1. The van der Waals surface area contributed by atoms with Gasteiger partial charge in [-0.05, 0) is 42.0 Å². The van der Waals surface area contributed by atoms with E-state index in [0.29, 0.717) is 12.8 Å². The van der Waals surface area contributed by atoms with E-state index in [1.54, 1.807) is 0 Å². The van der Waals surface area contributed by atoms with Crippen molar-refractivity contribution in [1.29, 1.82) is 0 Å². The van der Waals surface area contributed by atoms with Crippen LogP contribution in [0.4, 0.5) is 4.79 Å². The third-order valence-electron chi connectivity index (χ3n) is 6.69. The maximum Gasteiger partial charge on any atom is 0.407 e. The first-order valence-electron chi connectivity index (χ1n) is 11.1. The second-order valence-electron chi connectivity index (χ2n) is 8.90. The number of carboxylic acids is 1. The zero-order valence-corrected chi connectivity index (χ0v) is 18.4. The van der Waals surface area contributed by atoms with Gasteiger partial charge < -0.3 is 25.6 Å². The van der Waals surface area contributed by atoms with Gasteiger partial charge in [0.25, 0.3) is 0 Å². The van der Waals surface area contributed by atoms with Crippen LogP contribution < -0.4 is 10.6 Å². The van der Waals surface area contributed by atoms with Crippen molar-refractivity contribution in [3.8, 4) is 11.1 Å². The summed E-state index contributed by atoms with van der Waals surface area (Å²) in [4.78, 5) is 36.7. The molecule has 4 rings (SSSR count). The number of aliphatic hydroxyl groups excluding tert-OH is 1. The van der Waals surface area contributed by atoms with E-state index in [1.165, 1.54) is 6.92 Å². The molecule has 8 heteroatoms. The Bertz CT molecular complexity index is 1020. The number of carbonyl (C=O) groups excluding carboxylic acids is 2. The monoisotopic (exact) mass is 452 g/mol. The highest BCUT2D eigenvalue weighted by molar-refractivity contribution is 5.88. The number of aliphatic hydroxyl groups is 1. The summed E-state index contributed by atoms with van der Waals surface area (Å²) >= 11 is 0. The molecule has 2 aromatic rings. The lowest BCUT2D eigenvalue weighted by molar-refractivity contribution is -0.149. The average molecular weight is 453 g/mol. The first-order chi connectivity index (χ1) is 15.8. The van der Waals surface area contributed by atoms with Crippen LogP contribution in [0.5, 0.6) is 0 Å². The van der Waals surface area contributed by atoms with Crippen LogP contribution in [-0.4, -0.2) is 53.0 Å². The molecule has 2 aliphatic carbocycles. The molecule has 8 nitrogen and oxygen atoms in total. The molecule has 0 aromatic heterocycles. The van der Waals surface area contributed by atoms with Crippen molar-refractivity contribution in [3.63, 3.8) is 0 Å². The average Bonchev–Trinajstić information content (AvgIpc) is 3.40. The molecule has 2 aliphatic rings. The number of carbonyl (C=O) groups is 3. The topological polar surface area (TPSA) is 125 Å². The summed E-state index contributed by atoms with van der Waals surface area (Å²) < 4.78 is 5.57. The van der Waals surface area contributed by atoms with E-state index in [4.69, 9.17) is 4.74 Å². The number of carboxylic acid groups (broad SMARTS) is 1. The number of hydrogen-bond acceptors (Lipinski definition) is 5. The molecule has 1 fully saturated rings. The predicted molar refractivity (Wildman–Crippen MR) is 121 cm³/mol. The Kier molecular flexibility index (Phi) is 6.37. The van der Waals surface area contributed by atoms with Gasteiger partial charge in [0.05, 0.1) is 12.5 Å². The summed E-state index contributed by atoms with van der Waals surface area (Å²) in [7, 11) is 0. The van der Waals surface area contributed by atoms with Crippen LogP contribution in [-0.2, 0) is 14.3 Å². The van der Waals surface area contributed by atoms with Gasteiger partial charge in [0, 0.05) is 12.0 Å². The molecular weight excluding hydrogens is 424 g/mol. The zero-order chi connectivity index (χ0) is 23.6. The summed E-state index contributed by atoms with van der Waals surface area (Å²) in [5.41, 5.74) is 2.73. The molecule has 1 saturated carbocycles. The van der Waals surface area contributed by atoms with Crippen molar-refractivity contribution in [2.75, 3.05) is 13.2 Å². The molecule has 0 saturated heterocycles. The molecule has 33 heavy (non-hydrogen) atoms. The quantitative estimate of drug-likeness (QED) is 0.512. The van der Waals surface area contributed by atoms with Crippen LogP contribution in [0.25, 0.3) is 11.1 Å². The highest BCUT2D eigenvalue weighted by Gasteiger charge is 2.40. The van der Waals surface area contributed by atoms with Gasteiger partial charge in [-0.25, -0.2) is 9.59 Å². The minimum absolute atomic E-state index is 0.0633. The smallest absolute Gasteiger partial charge is 0.407 e. The first kappa shape index (κ1) is 22.8. The molecule has 174 valence electrons. The molecule has 0 spiro atoms. The zero-order valence-electron chi connectivity index (χ0n) is 18.4. The summed E-state index contributed by atoms with van der Waals surface area (Å²) in [6, 6.07) is 15.7. The molecule has 2 aromatic carbocycles. The number of rotatable bonds is 7. The SMILES string of the molecule is CC(CO)(NC(=O)[C@H]1CCC[C@H]1NC(=O)OCC1c2ccccc2-c2ccccc21)C(=O)O. The Morgan fingerprint density at radius 1 is 1.03 bits per heavy atom. The van der Waals surface area contributed by atoms with Crippen molar-refractivity contribution in [2.45, 2.75) is 43.7 Å². The molecule has 0 heterocycles. The Hall–Kier alpha value is -3.39. The molecule has 3 atom stereocenters. The lowest BCUT2D eigenvalue weighted by atomic mass is 9.98. The maximum atomic E-state index is 12.7. The summed E-state index contributed by atoms with van der Waals surface area (Å²) in [5, 5.41) is 23.9. The Morgan fingerprint density at radius 2 is 1.64 bits per heavy atom. The Balaban J connectivity index is 1.38. The molecule has 2 amide bonds. The Labute approximate surface area is 192 Å². The van der Waals surface area contributed by atoms with Gasteiger partial charge in [-0.2, -0.15) is 0 Å². The minimum atomic E-state index is -1.77. The summed E-state index contributed by atoms with van der Waals surface area (Å²) in [6.07, 6.45) is 1.21. The number of alkyl carbamates (subject to hydrolysis) is 1. The van der Waals surface area contributed by atoms with Gasteiger partial charge >= 0.3 is 12.1 Å². The minimum Gasteiger partial charge on any atom is -0.479 e. The van der Waals surface area contributed by atoms with Crippen LogP contribution in [0.3, 0.4) is 0 Å². The fraction of sp³-hybridized carbons (Fsp3) is 0.400. The molecule has 4 N–H and O–H groups in total. The van der Waals surface area contributed by atoms with Crippen molar-refractivity contribution in [2.24, 2.45) is 5.92 Å². The number of hydrogen-bond donors (Lipinski definition) is 4. The van der Waals surface area contributed by atoms with Gasteiger partial charge in [-0.1, -0.05) is 55.0 Å². The summed E-state index contributed by atoms with van der Waals surface area (Å²) in [5.74, 6) is -2.48. The third-order valence-corrected chi connectivity index (χ3v) is 6.69. The maximum absolute atomic E-state index is 12.7. The number of ether oxygens (including phenoxy) is 1. The van der Waals surface area contributed by atoms with Crippen molar-refractivity contribution < 1.29 is 29.3 Å². The van der Waals surface area contributed by atoms with E-state index < -0.39 is 42.1 Å². The normalized spacial score (nSPS) is 20.9. The van der Waals surface area contributed by atoms with Gasteiger partial charge in [-0.3, -0.25) is 4.79 Å². The molecular formula is C25H28N2O6. The molecule has 0 radical (unpaired) electrons. The predicted octanol–water partition coefficient (Wildman–Crippen LogP) is 2.65. The van der Waals surface area contributed by atoms with Gasteiger partial charge in [0.2, 0.25) is 5.91 Å². The number of benzene rings is 2. The van der Waals surface area contributed by atoms with Gasteiger partial charge in [-0.15, -0.1) is 0 Å². The van der Waals surface area contributed by atoms with Crippen molar-refractivity contribution in [3.05, 3.63) is 59.7 Å². The molecule has 0 aliphatic heterocycles. The van der Waals surface area contributed by atoms with E-state index >= 15 is 0 Å². The van der Waals surface area contributed by atoms with Gasteiger partial charge in [0.15, 0.2) is 5.54 Å². The number of nitrogens with one attached hydrogen (secondary N) is 2. The number of amides is 2. The number of aliphatic carboxylic acids is 1. The van der Waals surface area contributed by atoms with E-state index in [9.17, 15) is 24.6 Å². The van der Waals surface area contributed by atoms with E-state index in [-0.39, 0.29) is 12.5 Å². The second kappa shape index (κ2) is 9.23. The van der Waals surface area contributed by atoms with Crippen LogP contribution >= 0.6 is 0 Å². The lowest BCUT2D eigenvalue weighted by Gasteiger charge is -2.27. The fourth-order valence-electron chi connectivity index (χ4n) is 4.76. The van der Waals surface area contributed by atoms with Crippen molar-refractivity contribution in [1.82, 2.24) is 10.6 Å². The highest BCUT2D eigenvalue weighted by atomic mass is 16.5. The van der Waals surface area contributed by atoms with Crippen LogP contribution in [0.15, 0.2) is 48.5 Å². The highest BCUT2D eigenvalue weighted by Crippen LogP contribution is 2.44. The standard InChI is InChI=1S/C25H28N2O6/c1-25(14-28,23(30)31)27-22(29)19-11-6-12-21(19)26-24(32)33-13-20-17-9-4-2-7-15(17)16-8-3-5-10-18(16)20/h2-5,7-10,19-21,28H,6,11-14H2,1H3,(H,26,32)(H,27,29)(H,30,31)/t19-,21+,25?/m0/s1. The second-order valence-corrected chi connectivity index (χ2v) is 8.90. The van der Waals surface area contributed by atoms with Crippen LogP contribution in [0.1, 0.15) is 43.2 Å². The van der Waals surface area contributed by atoms with E-state index in [0.717, 1.165) is 28.7 Å². The third kappa shape index (κ3) is 4.43. The summed E-state index contributed by atoms with van der Waals surface area (Å²) in [6.45, 7) is 0.687. The van der Waals surface area contributed by atoms with E-state index in [2.05, 4.69) is 22.8 Å². The van der Waals surface area contributed by atoms with Crippen LogP contribution in [0, 0.1) is 5.92 Å². The van der Waals surface area contributed by atoms with Crippen LogP contribution in [0.2, 0.25) is 0 Å². The largest absolute Gasteiger partial charge is 0.479 e. The van der Waals surface area contributed by atoms with E-state index in [1.807, 2.05) is 36.4 Å². The lowest BCUT2D eigenvalue weighted by Crippen LogP contribution is -2.57. The van der Waals surface area contributed by atoms with Crippen molar-refractivity contribution >= 4 is 18.0 Å². The van der Waals surface area contributed by atoms with Gasteiger partial charge in [0.1, 0.15) is 6.61 Å². The molecule has 0 bridgehead atoms. The fourth-order valence-corrected chi connectivity index (χ4v) is 4.76. The number of fused-ring (bicyclic) bond motifs is 3. The Morgan fingerprint density at radius 3 is 2.21 bits per heavy atom. The molecule has 1 unspecified atom stereocenters.